The van der Waals surface area contributed by atoms with E-state index in [0.29, 0.717) is 42.6 Å². The Morgan fingerprint density at radius 1 is 1.00 bits per heavy atom. The highest BCUT2D eigenvalue weighted by Gasteiger charge is 2.26. The number of benzene rings is 2. The van der Waals surface area contributed by atoms with Crippen LogP contribution in [0.4, 0.5) is 11.4 Å². The molecule has 1 heterocycles. The van der Waals surface area contributed by atoms with E-state index in [0.717, 1.165) is 0 Å². The minimum atomic E-state index is -3.73. The third kappa shape index (κ3) is 4.42. The minimum absolute atomic E-state index is 0.0416. The second-order valence-electron chi connectivity index (χ2n) is 7.02. The molecule has 1 aliphatic heterocycles. The Hall–Kier alpha value is -2.25. The molecule has 1 N–H and O–H groups in total. The van der Waals surface area contributed by atoms with Crippen LogP contribution in [0.1, 0.15) is 13.8 Å². The Balaban J connectivity index is 1.83. The van der Waals surface area contributed by atoms with Gasteiger partial charge in [0.05, 0.1) is 21.3 Å². The largest absolute Gasteiger partial charge is 0.365 e. The summed E-state index contributed by atoms with van der Waals surface area (Å²) in [5.74, 6) is 0.0870. The van der Waals surface area contributed by atoms with Crippen LogP contribution in [0, 0.1) is 5.92 Å². The summed E-state index contributed by atoms with van der Waals surface area (Å²) >= 11 is 6.43. The van der Waals surface area contributed by atoms with E-state index in [4.69, 9.17) is 11.6 Å². The molecule has 0 radical (unpaired) electrons. The van der Waals surface area contributed by atoms with Crippen molar-refractivity contribution in [1.29, 1.82) is 0 Å². The zero-order chi connectivity index (χ0) is 20.3. The third-order valence-corrected chi connectivity index (χ3v) is 6.37. The van der Waals surface area contributed by atoms with Crippen molar-refractivity contribution in [2.24, 2.45) is 5.92 Å². The Labute approximate surface area is 171 Å². The van der Waals surface area contributed by atoms with Gasteiger partial charge in [0.25, 0.3) is 10.0 Å². The van der Waals surface area contributed by atoms with Gasteiger partial charge in [-0.05, 0) is 24.3 Å². The summed E-state index contributed by atoms with van der Waals surface area (Å²) in [4.78, 5) is 16.3. The Morgan fingerprint density at radius 2 is 1.64 bits per heavy atom. The van der Waals surface area contributed by atoms with Crippen LogP contribution in [0.15, 0.2) is 53.4 Å². The molecular formula is C20H24ClN3O3S. The summed E-state index contributed by atoms with van der Waals surface area (Å²) in [7, 11) is -3.73. The van der Waals surface area contributed by atoms with Gasteiger partial charge in [-0.2, -0.15) is 0 Å². The van der Waals surface area contributed by atoms with E-state index in [9.17, 15) is 13.2 Å². The Morgan fingerprint density at radius 3 is 2.25 bits per heavy atom. The molecule has 8 heteroatoms. The van der Waals surface area contributed by atoms with Gasteiger partial charge in [0.2, 0.25) is 5.91 Å². The maximum Gasteiger partial charge on any atom is 0.261 e. The van der Waals surface area contributed by atoms with Gasteiger partial charge in [-0.1, -0.05) is 49.7 Å². The second-order valence-corrected chi connectivity index (χ2v) is 9.11. The molecule has 1 saturated heterocycles. The van der Waals surface area contributed by atoms with Crippen molar-refractivity contribution in [3.8, 4) is 0 Å². The number of carbonyl (C=O) groups is 1. The number of anilines is 2. The maximum absolute atomic E-state index is 12.7. The summed E-state index contributed by atoms with van der Waals surface area (Å²) in [5, 5.41) is 0.469. The number of hydrogen-bond donors (Lipinski definition) is 1. The fourth-order valence-electron chi connectivity index (χ4n) is 3.24. The number of hydrogen-bond acceptors (Lipinski definition) is 4. The van der Waals surface area contributed by atoms with E-state index in [-0.39, 0.29) is 16.7 Å². The summed E-state index contributed by atoms with van der Waals surface area (Å²) in [6.45, 7) is 6.10. The third-order valence-electron chi connectivity index (χ3n) is 4.69. The lowest BCUT2D eigenvalue weighted by molar-refractivity contribution is -0.134. The molecule has 2 aromatic rings. The molecule has 3 rings (SSSR count). The van der Waals surface area contributed by atoms with E-state index in [1.165, 1.54) is 0 Å². The highest BCUT2D eigenvalue weighted by molar-refractivity contribution is 7.92. The number of nitrogens with zero attached hydrogens (tertiary/aromatic N) is 2. The standard InChI is InChI=1S/C20H24ClN3O3S/c1-15(2)20(25)24-13-11-23(12-14-24)19-17(21)9-6-10-18(19)22-28(26,27)16-7-4-3-5-8-16/h3-10,15,22H,11-14H2,1-2H3. The van der Waals surface area contributed by atoms with Gasteiger partial charge < -0.3 is 9.80 Å². The van der Waals surface area contributed by atoms with Crippen LogP contribution in [0.5, 0.6) is 0 Å². The summed E-state index contributed by atoms with van der Waals surface area (Å²) in [5.41, 5.74) is 1.07. The number of amides is 1. The van der Waals surface area contributed by atoms with Crippen molar-refractivity contribution >= 4 is 38.9 Å². The van der Waals surface area contributed by atoms with Crippen LogP contribution in [0.3, 0.4) is 0 Å². The molecule has 0 saturated carbocycles. The van der Waals surface area contributed by atoms with E-state index < -0.39 is 10.0 Å². The van der Waals surface area contributed by atoms with E-state index >= 15 is 0 Å². The molecule has 28 heavy (non-hydrogen) atoms. The number of piperazine rings is 1. The molecule has 0 unspecified atom stereocenters. The van der Waals surface area contributed by atoms with Gasteiger partial charge in [-0.3, -0.25) is 9.52 Å². The molecule has 1 aliphatic rings. The van der Waals surface area contributed by atoms with Crippen molar-refractivity contribution in [3.05, 3.63) is 53.6 Å². The second kappa shape index (κ2) is 8.41. The van der Waals surface area contributed by atoms with Crippen molar-refractivity contribution in [3.63, 3.8) is 0 Å². The number of sulfonamides is 1. The minimum Gasteiger partial charge on any atom is -0.365 e. The first-order valence-corrected chi connectivity index (χ1v) is 11.1. The van der Waals surface area contributed by atoms with E-state index in [2.05, 4.69) is 4.72 Å². The summed E-state index contributed by atoms with van der Waals surface area (Å²) in [6.07, 6.45) is 0. The van der Waals surface area contributed by atoms with Gasteiger partial charge in [-0.25, -0.2) is 8.42 Å². The number of carbonyl (C=O) groups excluding carboxylic acids is 1. The number of halogens is 1. The van der Waals surface area contributed by atoms with Crippen LogP contribution in [0.25, 0.3) is 0 Å². The van der Waals surface area contributed by atoms with Gasteiger partial charge in [0.1, 0.15) is 0 Å². The molecule has 0 atom stereocenters. The van der Waals surface area contributed by atoms with Crippen molar-refractivity contribution in [2.45, 2.75) is 18.7 Å². The average Bonchev–Trinajstić information content (AvgIpc) is 2.68. The molecule has 1 amide bonds. The van der Waals surface area contributed by atoms with Gasteiger partial charge in [0, 0.05) is 32.1 Å². The normalized spacial score (nSPS) is 15.0. The Bertz CT molecular complexity index is 940. The van der Waals surface area contributed by atoms with E-state index in [1.807, 2.05) is 23.6 Å². The lowest BCUT2D eigenvalue weighted by Gasteiger charge is -2.38. The summed E-state index contributed by atoms with van der Waals surface area (Å²) < 4.78 is 28.1. The molecule has 0 spiro atoms. The predicted molar refractivity (Wildman–Crippen MR) is 112 cm³/mol. The zero-order valence-electron chi connectivity index (χ0n) is 15.9. The topological polar surface area (TPSA) is 69.7 Å². The first kappa shape index (κ1) is 20.5. The average molecular weight is 422 g/mol. The number of para-hydroxylation sites is 1. The number of nitrogens with one attached hydrogen (secondary N) is 1. The van der Waals surface area contributed by atoms with Crippen molar-refractivity contribution in [2.75, 3.05) is 35.8 Å². The van der Waals surface area contributed by atoms with Crippen LogP contribution in [-0.4, -0.2) is 45.4 Å². The first-order chi connectivity index (χ1) is 13.3. The van der Waals surface area contributed by atoms with Crippen LogP contribution >= 0.6 is 11.6 Å². The Kier molecular flexibility index (Phi) is 6.15. The lowest BCUT2D eigenvalue weighted by atomic mass is 10.1. The lowest BCUT2D eigenvalue weighted by Crippen LogP contribution is -2.50. The summed E-state index contributed by atoms with van der Waals surface area (Å²) in [6, 6.07) is 13.4. The highest BCUT2D eigenvalue weighted by Crippen LogP contribution is 2.36. The SMILES string of the molecule is CC(C)C(=O)N1CCN(c2c(Cl)cccc2NS(=O)(=O)c2ccccc2)CC1. The maximum atomic E-state index is 12.7. The predicted octanol–water partition coefficient (Wildman–Crippen LogP) is 3.45. The van der Waals surface area contributed by atoms with Gasteiger partial charge >= 0.3 is 0 Å². The highest BCUT2D eigenvalue weighted by atomic mass is 35.5. The molecule has 0 aliphatic carbocycles. The quantitative estimate of drug-likeness (QED) is 0.802. The molecular weight excluding hydrogens is 398 g/mol. The molecule has 0 aromatic heterocycles. The van der Waals surface area contributed by atoms with Crippen LogP contribution in [0.2, 0.25) is 5.02 Å². The first-order valence-electron chi connectivity index (χ1n) is 9.19. The fourth-order valence-corrected chi connectivity index (χ4v) is 4.62. The molecule has 6 nitrogen and oxygen atoms in total. The molecule has 150 valence electrons. The van der Waals surface area contributed by atoms with E-state index in [1.54, 1.807) is 48.5 Å². The van der Waals surface area contributed by atoms with Crippen LogP contribution in [-0.2, 0) is 14.8 Å². The van der Waals surface area contributed by atoms with Crippen molar-refractivity contribution in [1.82, 2.24) is 4.90 Å². The molecule has 0 bridgehead atoms. The smallest absolute Gasteiger partial charge is 0.261 e. The molecule has 1 fully saturated rings. The van der Waals surface area contributed by atoms with Gasteiger partial charge in [-0.15, -0.1) is 0 Å². The van der Waals surface area contributed by atoms with Crippen LogP contribution < -0.4 is 9.62 Å². The van der Waals surface area contributed by atoms with Crippen molar-refractivity contribution < 1.29 is 13.2 Å². The fraction of sp³-hybridized carbons (Fsp3) is 0.350. The monoisotopic (exact) mass is 421 g/mol. The zero-order valence-corrected chi connectivity index (χ0v) is 17.5. The number of rotatable bonds is 5. The molecule has 2 aromatic carbocycles. The van der Waals surface area contributed by atoms with Gasteiger partial charge in [0.15, 0.2) is 0 Å².